The molecular formula is C18H16FNO2S. The van der Waals surface area contributed by atoms with Crippen LogP contribution in [-0.2, 0) is 4.79 Å². The SMILES string of the molecule is C=Nc1ccc(-c2ccc(F)cc2)cc1C(=C)SC(C)C(=O)O. The minimum Gasteiger partial charge on any atom is -0.480 e. The molecule has 2 rings (SSSR count). The fourth-order valence-corrected chi connectivity index (χ4v) is 2.86. The number of nitrogens with zero attached hydrogens (tertiary/aromatic N) is 1. The van der Waals surface area contributed by atoms with Gasteiger partial charge in [-0.3, -0.25) is 9.79 Å². The zero-order valence-electron chi connectivity index (χ0n) is 12.6. The summed E-state index contributed by atoms with van der Waals surface area (Å²) in [6, 6.07) is 11.7. The maximum Gasteiger partial charge on any atom is 0.316 e. The van der Waals surface area contributed by atoms with Crippen LogP contribution < -0.4 is 0 Å². The molecule has 118 valence electrons. The van der Waals surface area contributed by atoms with Crippen molar-refractivity contribution in [1.29, 1.82) is 0 Å². The van der Waals surface area contributed by atoms with Gasteiger partial charge in [0.25, 0.3) is 0 Å². The van der Waals surface area contributed by atoms with Gasteiger partial charge in [-0.2, -0.15) is 0 Å². The molecule has 0 aliphatic heterocycles. The lowest BCUT2D eigenvalue weighted by Gasteiger charge is -2.13. The van der Waals surface area contributed by atoms with Crippen molar-refractivity contribution in [2.75, 3.05) is 0 Å². The lowest BCUT2D eigenvalue weighted by atomic mass is 10.0. The van der Waals surface area contributed by atoms with E-state index in [4.69, 9.17) is 5.11 Å². The Balaban J connectivity index is 2.39. The Morgan fingerprint density at radius 1 is 1.22 bits per heavy atom. The van der Waals surface area contributed by atoms with Crippen LogP contribution in [-0.4, -0.2) is 23.0 Å². The Labute approximate surface area is 138 Å². The number of hydrogen-bond donors (Lipinski definition) is 1. The van der Waals surface area contributed by atoms with Gasteiger partial charge in [-0.15, -0.1) is 11.8 Å². The van der Waals surface area contributed by atoms with Gasteiger partial charge in [-0.05, 0) is 49.0 Å². The summed E-state index contributed by atoms with van der Waals surface area (Å²) in [5.74, 6) is -1.20. The molecular weight excluding hydrogens is 313 g/mol. The maximum absolute atomic E-state index is 13.1. The van der Waals surface area contributed by atoms with Crippen LogP contribution in [0.15, 0.2) is 54.0 Å². The maximum atomic E-state index is 13.1. The van der Waals surface area contributed by atoms with Crippen molar-refractivity contribution < 1.29 is 14.3 Å². The molecule has 1 N–H and O–H groups in total. The second kappa shape index (κ2) is 7.24. The average molecular weight is 329 g/mol. The molecule has 0 aliphatic rings. The molecule has 2 aromatic carbocycles. The van der Waals surface area contributed by atoms with Gasteiger partial charge in [-0.1, -0.05) is 24.8 Å². The Bertz CT molecular complexity index is 756. The largest absolute Gasteiger partial charge is 0.480 e. The van der Waals surface area contributed by atoms with Crippen LogP contribution in [0.5, 0.6) is 0 Å². The number of rotatable bonds is 6. The molecule has 23 heavy (non-hydrogen) atoms. The molecule has 3 nitrogen and oxygen atoms in total. The van der Waals surface area contributed by atoms with Crippen molar-refractivity contribution in [3.05, 3.63) is 60.4 Å². The molecule has 0 fully saturated rings. The predicted octanol–water partition coefficient (Wildman–Crippen LogP) is 5.00. The summed E-state index contributed by atoms with van der Waals surface area (Å²) in [7, 11) is 0. The lowest BCUT2D eigenvalue weighted by Crippen LogP contribution is -2.11. The quantitative estimate of drug-likeness (QED) is 0.759. The summed E-state index contributed by atoms with van der Waals surface area (Å²) in [6.45, 7) is 9.09. The fraction of sp³-hybridized carbons (Fsp3) is 0.111. The number of hydrogen-bond acceptors (Lipinski definition) is 3. The first-order valence-electron chi connectivity index (χ1n) is 6.88. The molecule has 0 saturated carbocycles. The highest BCUT2D eigenvalue weighted by Crippen LogP contribution is 2.37. The third-order valence-electron chi connectivity index (χ3n) is 3.31. The number of carbonyl (C=O) groups is 1. The van der Waals surface area contributed by atoms with E-state index in [2.05, 4.69) is 18.3 Å². The monoisotopic (exact) mass is 329 g/mol. The van der Waals surface area contributed by atoms with Crippen molar-refractivity contribution >= 4 is 35.0 Å². The van der Waals surface area contributed by atoms with E-state index < -0.39 is 11.2 Å². The number of aliphatic imine (C=N–C) groups is 1. The van der Waals surface area contributed by atoms with E-state index in [-0.39, 0.29) is 5.82 Å². The minimum atomic E-state index is -0.904. The lowest BCUT2D eigenvalue weighted by molar-refractivity contribution is -0.136. The molecule has 1 atom stereocenters. The van der Waals surface area contributed by atoms with Crippen molar-refractivity contribution in [1.82, 2.24) is 0 Å². The van der Waals surface area contributed by atoms with E-state index in [1.54, 1.807) is 25.1 Å². The molecule has 0 amide bonds. The van der Waals surface area contributed by atoms with Crippen LogP contribution in [0.4, 0.5) is 10.1 Å². The molecule has 5 heteroatoms. The first kappa shape index (κ1) is 17.0. The second-order valence-corrected chi connectivity index (χ2v) is 6.35. The zero-order chi connectivity index (χ0) is 17.0. The number of benzene rings is 2. The van der Waals surface area contributed by atoms with E-state index in [9.17, 15) is 9.18 Å². The highest BCUT2D eigenvalue weighted by Gasteiger charge is 2.16. The number of halogens is 1. The molecule has 2 aromatic rings. The van der Waals surface area contributed by atoms with E-state index in [1.807, 2.05) is 12.1 Å². The summed E-state index contributed by atoms with van der Waals surface area (Å²) in [6.07, 6.45) is 0. The normalized spacial score (nSPS) is 11.7. The molecule has 0 spiro atoms. The van der Waals surface area contributed by atoms with Crippen molar-refractivity contribution in [2.45, 2.75) is 12.2 Å². The van der Waals surface area contributed by atoms with Gasteiger partial charge in [0.2, 0.25) is 0 Å². The number of aliphatic carboxylic acids is 1. The molecule has 0 aliphatic carbocycles. The zero-order valence-corrected chi connectivity index (χ0v) is 13.4. The third-order valence-corrected chi connectivity index (χ3v) is 4.37. The van der Waals surface area contributed by atoms with E-state index >= 15 is 0 Å². The van der Waals surface area contributed by atoms with Crippen molar-refractivity contribution in [3.63, 3.8) is 0 Å². The molecule has 0 aromatic heterocycles. The Morgan fingerprint density at radius 2 is 1.83 bits per heavy atom. The predicted molar refractivity (Wildman–Crippen MR) is 94.8 cm³/mol. The van der Waals surface area contributed by atoms with Crippen LogP contribution in [0.3, 0.4) is 0 Å². The van der Waals surface area contributed by atoms with Crippen LogP contribution >= 0.6 is 11.8 Å². The standard InChI is InChI=1S/C18H16FNO2S/c1-11(23-12(2)18(21)22)16-10-14(6-9-17(16)20-3)13-4-7-15(19)8-5-13/h4-10,12H,1,3H2,2H3,(H,21,22). The summed E-state index contributed by atoms with van der Waals surface area (Å²) in [4.78, 5) is 15.6. The van der Waals surface area contributed by atoms with E-state index in [0.717, 1.165) is 28.5 Å². The second-order valence-electron chi connectivity index (χ2n) is 4.92. The van der Waals surface area contributed by atoms with Gasteiger partial charge in [0.1, 0.15) is 11.1 Å². The van der Waals surface area contributed by atoms with Gasteiger partial charge in [0.15, 0.2) is 0 Å². The Hall–Kier alpha value is -2.40. The summed E-state index contributed by atoms with van der Waals surface area (Å²) < 4.78 is 13.1. The van der Waals surface area contributed by atoms with Crippen LogP contribution in [0, 0.1) is 5.82 Å². The smallest absolute Gasteiger partial charge is 0.316 e. The average Bonchev–Trinajstić information content (AvgIpc) is 2.54. The summed E-state index contributed by atoms with van der Waals surface area (Å²) in [5, 5.41) is 8.41. The summed E-state index contributed by atoms with van der Waals surface area (Å²) >= 11 is 1.15. The third kappa shape index (κ3) is 4.07. The van der Waals surface area contributed by atoms with Crippen LogP contribution in [0.2, 0.25) is 0 Å². The van der Waals surface area contributed by atoms with Gasteiger partial charge < -0.3 is 5.11 Å². The van der Waals surface area contributed by atoms with Crippen LogP contribution in [0.1, 0.15) is 12.5 Å². The number of carboxylic acids is 1. The van der Waals surface area contributed by atoms with Crippen molar-refractivity contribution in [3.8, 4) is 11.1 Å². The van der Waals surface area contributed by atoms with Crippen LogP contribution in [0.25, 0.3) is 16.0 Å². The minimum absolute atomic E-state index is 0.298. The fourth-order valence-electron chi connectivity index (χ4n) is 2.05. The molecule has 0 radical (unpaired) electrons. The van der Waals surface area contributed by atoms with Gasteiger partial charge in [0.05, 0.1) is 5.69 Å². The van der Waals surface area contributed by atoms with E-state index in [0.29, 0.717) is 10.6 Å². The summed E-state index contributed by atoms with van der Waals surface area (Å²) in [5.41, 5.74) is 3.08. The molecule has 0 saturated heterocycles. The Morgan fingerprint density at radius 3 is 2.39 bits per heavy atom. The first-order chi connectivity index (χ1) is 10.9. The van der Waals surface area contributed by atoms with Gasteiger partial charge in [0, 0.05) is 10.5 Å². The van der Waals surface area contributed by atoms with Gasteiger partial charge in [-0.25, -0.2) is 4.39 Å². The number of thioether (sulfide) groups is 1. The van der Waals surface area contributed by atoms with Crippen molar-refractivity contribution in [2.24, 2.45) is 4.99 Å². The molecule has 1 unspecified atom stereocenters. The molecule has 0 bridgehead atoms. The highest BCUT2D eigenvalue weighted by molar-refractivity contribution is 8.09. The van der Waals surface area contributed by atoms with Gasteiger partial charge >= 0.3 is 5.97 Å². The highest BCUT2D eigenvalue weighted by atomic mass is 32.2. The topological polar surface area (TPSA) is 49.7 Å². The molecule has 0 heterocycles. The first-order valence-corrected chi connectivity index (χ1v) is 7.76. The number of carboxylic acid groups (broad SMARTS) is 1. The van der Waals surface area contributed by atoms with E-state index in [1.165, 1.54) is 12.1 Å². The Kier molecular flexibility index (Phi) is 5.34.